The van der Waals surface area contributed by atoms with Crippen molar-refractivity contribution in [1.29, 1.82) is 0 Å². The third-order valence-corrected chi connectivity index (χ3v) is 4.11. The van der Waals surface area contributed by atoms with Crippen molar-refractivity contribution in [3.05, 3.63) is 64.9 Å². The Morgan fingerprint density at radius 1 is 1.22 bits per heavy atom. The SMILES string of the molecule is Cc1oc(-c2ccc(Cl)cc2)nc1C(=O)N(C)CC(=O)NCc1ccco1. The quantitative estimate of drug-likeness (QED) is 0.701. The number of nitrogens with one attached hydrogen (secondary N) is 1. The molecule has 0 bridgehead atoms. The van der Waals surface area contributed by atoms with E-state index >= 15 is 0 Å². The molecule has 0 aliphatic carbocycles. The molecule has 7 nitrogen and oxygen atoms in total. The van der Waals surface area contributed by atoms with E-state index in [1.165, 1.54) is 18.2 Å². The Kier molecular flexibility index (Phi) is 5.61. The van der Waals surface area contributed by atoms with Crippen molar-refractivity contribution in [2.24, 2.45) is 0 Å². The number of likely N-dealkylation sites (N-methyl/N-ethyl adjacent to an activating group) is 1. The summed E-state index contributed by atoms with van der Waals surface area (Å²) in [4.78, 5) is 30.2. The molecule has 0 spiro atoms. The van der Waals surface area contributed by atoms with Gasteiger partial charge in [-0.3, -0.25) is 9.59 Å². The summed E-state index contributed by atoms with van der Waals surface area (Å²) in [6.07, 6.45) is 1.53. The maximum atomic E-state index is 12.6. The fraction of sp³-hybridized carbons (Fsp3) is 0.211. The lowest BCUT2D eigenvalue weighted by molar-refractivity contribution is -0.121. The largest absolute Gasteiger partial charge is 0.467 e. The Hall–Kier alpha value is -3.06. The average molecular weight is 388 g/mol. The molecule has 3 aromatic rings. The minimum Gasteiger partial charge on any atom is -0.467 e. The third kappa shape index (κ3) is 4.57. The van der Waals surface area contributed by atoms with Crippen LogP contribution in [0.25, 0.3) is 11.5 Å². The first-order chi connectivity index (χ1) is 12.9. The minimum absolute atomic E-state index is 0.109. The van der Waals surface area contributed by atoms with Crippen molar-refractivity contribution < 1.29 is 18.4 Å². The number of aryl methyl sites for hydroxylation is 1. The van der Waals surface area contributed by atoms with Gasteiger partial charge in [0.05, 0.1) is 19.4 Å². The molecular formula is C19H18ClN3O4. The maximum Gasteiger partial charge on any atom is 0.276 e. The molecule has 27 heavy (non-hydrogen) atoms. The molecule has 0 fully saturated rings. The van der Waals surface area contributed by atoms with Crippen LogP contribution in [0.5, 0.6) is 0 Å². The highest BCUT2D eigenvalue weighted by Gasteiger charge is 2.22. The topological polar surface area (TPSA) is 88.6 Å². The first-order valence-electron chi connectivity index (χ1n) is 8.22. The third-order valence-electron chi connectivity index (χ3n) is 3.86. The second-order valence-electron chi connectivity index (χ2n) is 5.95. The summed E-state index contributed by atoms with van der Waals surface area (Å²) in [5.74, 6) is 0.638. The molecule has 0 aliphatic rings. The lowest BCUT2D eigenvalue weighted by Gasteiger charge is -2.15. The fourth-order valence-electron chi connectivity index (χ4n) is 2.43. The summed E-state index contributed by atoms with van der Waals surface area (Å²) >= 11 is 5.88. The number of nitrogens with zero attached hydrogens (tertiary/aromatic N) is 2. The second-order valence-corrected chi connectivity index (χ2v) is 6.38. The summed E-state index contributed by atoms with van der Waals surface area (Å²) in [5, 5.41) is 3.29. The Bertz CT molecular complexity index is 933. The molecule has 0 saturated carbocycles. The van der Waals surface area contributed by atoms with Gasteiger partial charge >= 0.3 is 0 Å². The zero-order valence-electron chi connectivity index (χ0n) is 14.9. The zero-order chi connectivity index (χ0) is 19.4. The average Bonchev–Trinajstić information content (AvgIpc) is 3.29. The van der Waals surface area contributed by atoms with Gasteiger partial charge in [0, 0.05) is 17.6 Å². The normalized spacial score (nSPS) is 10.6. The molecular weight excluding hydrogens is 370 g/mol. The van der Waals surface area contributed by atoms with Crippen LogP contribution in [-0.4, -0.2) is 35.3 Å². The highest BCUT2D eigenvalue weighted by atomic mass is 35.5. The van der Waals surface area contributed by atoms with E-state index in [1.807, 2.05) is 0 Å². The molecule has 0 unspecified atom stereocenters. The number of benzene rings is 1. The number of aromatic nitrogens is 1. The maximum absolute atomic E-state index is 12.6. The first kappa shape index (κ1) is 18.7. The van der Waals surface area contributed by atoms with E-state index in [4.69, 9.17) is 20.4 Å². The molecule has 0 aliphatic heterocycles. The standard InChI is InChI=1S/C19H18ClN3O4/c1-12-17(22-18(27-12)13-5-7-14(20)8-6-13)19(25)23(2)11-16(24)21-10-15-4-3-9-26-15/h3-9H,10-11H2,1-2H3,(H,21,24). The van der Waals surface area contributed by atoms with E-state index in [1.54, 1.807) is 43.3 Å². The number of amides is 2. The van der Waals surface area contributed by atoms with E-state index in [-0.39, 0.29) is 24.7 Å². The highest BCUT2D eigenvalue weighted by Crippen LogP contribution is 2.23. The van der Waals surface area contributed by atoms with Gasteiger partial charge in [0.25, 0.3) is 5.91 Å². The smallest absolute Gasteiger partial charge is 0.276 e. The summed E-state index contributed by atoms with van der Waals surface area (Å²) in [5.41, 5.74) is 0.877. The second kappa shape index (κ2) is 8.09. The zero-order valence-corrected chi connectivity index (χ0v) is 15.6. The van der Waals surface area contributed by atoms with Crippen molar-refractivity contribution in [2.75, 3.05) is 13.6 Å². The summed E-state index contributed by atoms with van der Waals surface area (Å²) < 4.78 is 10.7. The number of carbonyl (C=O) groups excluding carboxylic acids is 2. The van der Waals surface area contributed by atoms with Crippen LogP contribution in [0.2, 0.25) is 5.02 Å². The molecule has 2 heterocycles. The lowest BCUT2D eigenvalue weighted by atomic mass is 10.2. The predicted molar refractivity (Wildman–Crippen MR) is 99.2 cm³/mol. The molecule has 3 rings (SSSR count). The molecule has 0 radical (unpaired) electrons. The van der Waals surface area contributed by atoms with Gasteiger partial charge in [0.1, 0.15) is 11.5 Å². The van der Waals surface area contributed by atoms with Crippen LogP contribution in [0.4, 0.5) is 0 Å². The predicted octanol–water partition coefficient (Wildman–Crippen LogP) is 3.28. The fourth-order valence-corrected chi connectivity index (χ4v) is 2.56. The van der Waals surface area contributed by atoms with Crippen LogP contribution >= 0.6 is 11.6 Å². The van der Waals surface area contributed by atoms with E-state index in [2.05, 4.69) is 10.3 Å². The monoisotopic (exact) mass is 387 g/mol. The molecule has 2 amide bonds. The number of rotatable bonds is 6. The molecule has 0 atom stereocenters. The summed E-state index contributed by atoms with van der Waals surface area (Å²) in [6, 6.07) is 10.4. The number of oxazole rings is 1. The first-order valence-corrected chi connectivity index (χ1v) is 8.59. The Balaban J connectivity index is 1.64. The number of furan rings is 1. The Labute approximate surface area is 160 Å². The van der Waals surface area contributed by atoms with E-state index in [9.17, 15) is 9.59 Å². The van der Waals surface area contributed by atoms with Crippen LogP contribution in [0.1, 0.15) is 22.0 Å². The van der Waals surface area contributed by atoms with Crippen molar-refractivity contribution in [2.45, 2.75) is 13.5 Å². The van der Waals surface area contributed by atoms with Gasteiger partial charge in [-0.15, -0.1) is 0 Å². The number of halogens is 1. The van der Waals surface area contributed by atoms with Crippen molar-refractivity contribution in [3.8, 4) is 11.5 Å². The summed E-state index contributed by atoms with van der Waals surface area (Å²) in [7, 11) is 1.53. The van der Waals surface area contributed by atoms with Crippen molar-refractivity contribution in [3.63, 3.8) is 0 Å². The Morgan fingerprint density at radius 3 is 2.63 bits per heavy atom. The molecule has 140 valence electrons. The van der Waals surface area contributed by atoms with Gasteiger partial charge in [-0.2, -0.15) is 0 Å². The molecule has 1 N–H and O–H groups in total. The minimum atomic E-state index is -0.399. The van der Waals surface area contributed by atoms with Gasteiger partial charge in [-0.05, 0) is 43.3 Å². The van der Waals surface area contributed by atoms with Gasteiger partial charge in [-0.25, -0.2) is 4.98 Å². The number of hydrogen-bond acceptors (Lipinski definition) is 5. The van der Waals surface area contributed by atoms with Crippen molar-refractivity contribution >= 4 is 23.4 Å². The van der Waals surface area contributed by atoms with Crippen LogP contribution in [0, 0.1) is 6.92 Å². The van der Waals surface area contributed by atoms with Crippen LogP contribution < -0.4 is 5.32 Å². The molecule has 8 heteroatoms. The summed E-state index contributed by atoms with van der Waals surface area (Å²) in [6.45, 7) is 1.81. The van der Waals surface area contributed by atoms with E-state index < -0.39 is 5.91 Å². The van der Waals surface area contributed by atoms with Crippen LogP contribution in [0.3, 0.4) is 0 Å². The number of carbonyl (C=O) groups is 2. The van der Waals surface area contributed by atoms with E-state index in [0.717, 1.165) is 0 Å². The Morgan fingerprint density at radius 2 is 1.96 bits per heavy atom. The molecule has 1 aromatic carbocycles. The van der Waals surface area contributed by atoms with Gasteiger partial charge < -0.3 is 19.1 Å². The molecule has 2 aromatic heterocycles. The van der Waals surface area contributed by atoms with Gasteiger partial charge in [-0.1, -0.05) is 11.6 Å². The van der Waals surface area contributed by atoms with Gasteiger partial charge in [0.15, 0.2) is 5.69 Å². The number of hydrogen-bond donors (Lipinski definition) is 1. The highest BCUT2D eigenvalue weighted by molar-refractivity contribution is 6.30. The van der Waals surface area contributed by atoms with Crippen molar-refractivity contribution in [1.82, 2.24) is 15.2 Å². The van der Waals surface area contributed by atoms with Crippen LogP contribution in [0.15, 0.2) is 51.5 Å². The lowest BCUT2D eigenvalue weighted by Crippen LogP contribution is -2.38. The molecule has 0 saturated heterocycles. The van der Waals surface area contributed by atoms with E-state index in [0.29, 0.717) is 28.0 Å². The van der Waals surface area contributed by atoms with Gasteiger partial charge in [0.2, 0.25) is 11.8 Å². The van der Waals surface area contributed by atoms with Crippen LogP contribution in [-0.2, 0) is 11.3 Å².